The zero-order chi connectivity index (χ0) is 6.69. The van der Waals surface area contributed by atoms with Crippen LogP contribution in [0.5, 0.6) is 0 Å². The Morgan fingerprint density at radius 3 is 2.89 bits per heavy atom. The van der Waals surface area contributed by atoms with Crippen molar-refractivity contribution in [2.45, 2.75) is 6.92 Å². The van der Waals surface area contributed by atoms with Gasteiger partial charge in [-0.25, -0.2) is 0 Å². The van der Waals surface area contributed by atoms with Gasteiger partial charge in [-0.1, -0.05) is 18.2 Å². The first-order valence-corrected chi connectivity index (χ1v) is 2.76. The third kappa shape index (κ3) is 1.17. The van der Waals surface area contributed by atoms with E-state index < -0.39 is 0 Å². The van der Waals surface area contributed by atoms with Crippen molar-refractivity contribution in [2.75, 3.05) is 0 Å². The Balaban J connectivity index is 3.15. The monoisotopic (exact) mass is 119 g/mol. The van der Waals surface area contributed by atoms with Crippen molar-refractivity contribution in [1.82, 2.24) is 0 Å². The van der Waals surface area contributed by atoms with Crippen LogP contribution in [-0.4, -0.2) is 6.29 Å². The Labute approximate surface area is 54.3 Å². The third-order valence-electron chi connectivity index (χ3n) is 1.24. The highest BCUT2D eigenvalue weighted by Crippen LogP contribution is 2.01. The minimum Gasteiger partial charge on any atom is -0.298 e. The Morgan fingerprint density at radius 2 is 2.44 bits per heavy atom. The van der Waals surface area contributed by atoms with Gasteiger partial charge >= 0.3 is 0 Å². The molecule has 45 valence electrons. The lowest BCUT2D eigenvalue weighted by Gasteiger charge is -1.92. The molecule has 0 atom stereocenters. The average Bonchev–Trinajstić information content (AvgIpc) is 1.89. The largest absolute Gasteiger partial charge is 0.298 e. The van der Waals surface area contributed by atoms with Gasteiger partial charge in [0.2, 0.25) is 0 Å². The van der Waals surface area contributed by atoms with Gasteiger partial charge in [-0.3, -0.25) is 4.79 Å². The molecular weight excluding hydrogens is 112 g/mol. The predicted octanol–water partition coefficient (Wildman–Crippen LogP) is 1.61. The maximum Gasteiger partial charge on any atom is 0.150 e. The van der Waals surface area contributed by atoms with Crippen molar-refractivity contribution in [3.63, 3.8) is 0 Å². The van der Waals surface area contributed by atoms with Crippen molar-refractivity contribution in [3.05, 3.63) is 35.4 Å². The van der Waals surface area contributed by atoms with E-state index >= 15 is 0 Å². The van der Waals surface area contributed by atoms with Crippen LogP contribution in [0.25, 0.3) is 0 Å². The highest BCUT2D eigenvalue weighted by molar-refractivity contribution is 5.76. The van der Waals surface area contributed by atoms with Crippen LogP contribution in [0.3, 0.4) is 0 Å². The molecule has 0 N–H and O–H groups in total. The second-order valence-corrected chi connectivity index (χ2v) is 1.90. The minimum absolute atomic E-state index is 0.744. The van der Waals surface area contributed by atoms with Gasteiger partial charge in [0.15, 0.2) is 0 Å². The summed E-state index contributed by atoms with van der Waals surface area (Å²) in [5, 5.41) is 0. The first kappa shape index (κ1) is 6.02. The van der Waals surface area contributed by atoms with Gasteiger partial charge in [0.25, 0.3) is 0 Å². The summed E-state index contributed by atoms with van der Waals surface area (Å²) in [5.41, 5.74) is 1.72. The molecule has 0 aliphatic heterocycles. The van der Waals surface area contributed by atoms with E-state index in [1.807, 2.05) is 6.92 Å². The van der Waals surface area contributed by atoms with E-state index in [4.69, 9.17) is 0 Å². The van der Waals surface area contributed by atoms with E-state index in [0.717, 1.165) is 17.4 Å². The van der Waals surface area contributed by atoms with Gasteiger partial charge in [-0.05, 0) is 18.6 Å². The molecule has 9 heavy (non-hydrogen) atoms. The summed E-state index contributed by atoms with van der Waals surface area (Å²) in [6, 6.07) is 8.16. The van der Waals surface area contributed by atoms with Crippen LogP contribution in [0.4, 0.5) is 0 Å². The van der Waals surface area contributed by atoms with Gasteiger partial charge < -0.3 is 0 Å². The summed E-state index contributed by atoms with van der Waals surface area (Å²) in [5.74, 6) is 0. The molecule has 0 saturated heterocycles. The average molecular weight is 119 g/mol. The van der Waals surface area contributed by atoms with E-state index in [1.165, 1.54) is 0 Å². The quantitative estimate of drug-likeness (QED) is 0.513. The lowest BCUT2D eigenvalue weighted by Crippen LogP contribution is -1.82. The van der Waals surface area contributed by atoms with Crippen molar-refractivity contribution in [3.8, 4) is 0 Å². The molecule has 0 saturated carbocycles. The zero-order valence-electron chi connectivity index (χ0n) is 5.22. The van der Waals surface area contributed by atoms with Crippen LogP contribution >= 0.6 is 0 Å². The molecule has 0 spiro atoms. The van der Waals surface area contributed by atoms with Crippen molar-refractivity contribution in [1.29, 1.82) is 0 Å². The zero-order valence-corrected chi connectivity index (χ0v) is 5.22. The van der Waals surface area contributed by atoms with Crippen molar-refractivity contribution < 1.29 is 4.79 Å². The van der Waals surface area contributed by atoms with Crippen LogP contribution in [0.2, 0.25) is 0 Å². The lowest BCUT2D eigenvalue weighted by molar-refractivity contribution is 0.112. The number of carbonyl (C=O) groups excluding carboxylic acids is 1. The molecule has 0 heterocycles. The molecule has 0 bridgehead atoms. The molecule has 0 amide bonds. The molecule has 1 nitrogen and oxygen atoms in total. The molecular formula is C8H7O. The van der Waals surface area contributed by atoms with E-state index in [1.54, 1.807) is 18.2 Å². The topological polar surface area (TPSA) is 17.1 Å². The molecule has 1 aromatic rings. The summed E-state index contributed by atoms with van der Waals surface area (Å²) in [4.78, 5) is 10.2. The number of hydrogen-bond donors (Lipinski definition) is 0. The second kappa shape index (κ2) is 2.44. The first-order valence-electron chi connectivity index (χ1n) is 2.76. The van der Waals surface area contributed by atoms with Gasteiger partial charge in [-0.15, -0.1) is 0 Å². The SMILES string of the molecule is Cc1c[c]ccc1C=O. The molecule has 0 aliphatic carbocycles. The molecule has 1 heteroatoms. The number of hydrogen-bond acceptors (Lipinski definition) is 1. The van der Waals surface area contributed by atoms with Crippen molar-refractivity contribution in [2.24, 2.45) is 0 Å². The predicted molar refractivity (Wildman–Crippen MR) is 35.4 cm³/mol. The Bertz CT molecular complexity index is 216. The Morgan fingerprint density at radius 1 is 1.67 bits per heavy atom. The summed E-state index contributed by atoms with van der Waals surface area (Å²) < 4.78 is 0. The van der Waals surface area contributed by atoms with Crippen LogP contribution in [-0.2, 0) is 0 Å². The van der Waals surface area contributed by atoms with Crippen LogP contribution < -0.4 is 0 Å². The van der Waals surface area contributed by atoms with Crippen LogP contribution in [0, 0.1) is 13.0 Å². The Kier molecular flexibility index (Phi) is 1.63. The number of aryl methyl sites for hydroxylation is 1. The van der Waals surface area contributed by atoms with Crippen LogP contribution in [0.15, 0.2) is 18.2 Å². The van der Waals surface area contributed by atoms with E-state index in [-0.39, 0.29) is 0 Å². The fourth-order valence-corrected chi connectivity index (χ4v) is 0.658. The van der Waals surface area contributed by atoms with Crippen LogP contribution in [0.1, 0.15) is 15.9 Å². The molecule has 1 aromatic carbocycles. The smallest absolute Gasteiger partial charge is 0.150 e. The fraction of sp³-hybridized carbons (Fsp3) is 0.125. The standard InChI is InChI=1S/C8H7O/c1-7-4-2-3-5-8(7)6-9/h3-6H,1H3. The fourth-order valence-electron chi connectivity index (χ4n) is 0.658. The maximum absolute atomic E-state index is 10.2. The van der Waals surface area contributed by atoms with Gasteiger partial charge in [0.05, 0.1) is 0 Å². The normalized spacial score (nSPS) is 9.00. The van der Waals surface area contributed by atoms with E-state index in [9.17, 15) is 4.79 Å². The second-order valence-electron chi connectivity index (χ2n) is 1.90. The van der Waals surface area contributed by atoms with Gasteiger partial charge in [0, 0.05) is 5.56 Å². The summed E-state index contributed by atoms with van der Waals surface area (Å²) in [7, 11) is 0. The number of carbonyl (C=O) groups is 1. The molecule has 0 unspecified atom stereocenters. The number of rotatable bonds is 1. The minimum atomic E-state index is 0.744. The first-order chi connectivity index (χ1) is 4.34. The van der Waals surface area contributed by atoms with E-state index in [2.05, 4.69) is 6.07 Å². The molecule has 1 radical (unpaired) electrons. The highest BCUT2D eigenvalue weighted by atomic mass is 16.1. The number of benzene rings is 1. The third-order valence-corrected chi connectivity index (χ3v) is 1.24. The summed E-state index contributed by atoms with van der Waals surface area (Å²) >= 11 is 0. The van der Waals surface area contributed by atoms with Crippen molar-refractivity contribution >= 4 is 6.29 Å². The number of aldehydes is 1. The lowest BCUT2D eigenvalue weighted by atomic mass is 10.1. The molecule has 0 aromatic heterocycles. The maximum atomic E-state index is 10.2. The molecule has 0 fully saturated rings. The Hall–Kier alpha value is -1.11. The van der Waals surface area contributed by atoms with E-state index in [0.29, 0.717) is 0 Å². The summed E-state index contributed by atoms with van der Waals surface area (Å²) in [6.45, 7) is 1.89. The highest BCUT2D eigenvalue weighted by Gasteiger charge is 1.90. The van der Waals surface area contributed by atoms with Gasteiger partial charge in [-0.2, -0.15) is 0 Å². The molecule has 0 aliphatic rings. The van der Waals surface area contributed by atoms with Gasteiger partial charge in [0.1, 0.15) is 6.29 Å². The summed E-state index contributed by atoms with van der Waals surface area (Å²) in [6.07, 6.45) is 0.850. The molecule has 1 rings (SSSR count).